The molecule has 1 fully saturated rings. The van der Waals surface area contributed by atoms with Gasteiger partial charge in [0.1, 0.15) is 0 Å². The van der Waals surface area contributed by atoms with Crippen molar-refractivity contribution in [1.29, 1.82) is 0 Å². The van der Waals surface area contributed by atoms with Gasteiger partial charge in [0.25, 0.3) is 0 Å². The summed E-state index contributed by atoms with van der Waals surface area (Å²) in [6, 6.07) is 9.70. The first-order valence-electron chi connectivity index (χ1n) is 6.64. The fraction of sp³-hybridized carbons (Fsp3) is 0.600. The molecule has 1 aliphatic heterocycles. The van der Waals surface area contributed by atoms with E-state index in [1.54, 1.807) is 0 Å². The Morgan fingerprint density at radius 1 is 1.41 bits per heavy atom. The Morgan fingerprint density at radius 3 is 2.94 bits per heavy atom. The van der Waals surface area contributed by atoms with Gasteiger partial charge in [-0.25, -0.2) is 0 Å². The standard InChI is InChI=1S/C15H23NO/c1-12-6-3-4-7-14(12)10-13(2)16-15-8-5-9-17-11-15/h3-4,6-7,13,15-16H,5,8-11H2,1-2H3. The third-order valence-corrected chi connectivity index (χ3v) is 3.47. The summed E-state index contributed by atoms with van der Waals surface area (Å²) in [4.78, 5) is 0. The van der Waals surface area contributed by atoms with Crippen molar-refractivity contribution in [3.8, 4) is 0 Å². The predicted octanol–water partition coefficient (Wildman–Crippen LogP) is 2.69. The molecule has 0 amide bonds. The fourth-order valence-corrected chi connectivity index (χ4v) is 2.50. The van der Waals surface area contributed by atoms with Gasteiger partial charge in [-0.15, -0.1) is 0 Å². The number of rotatable bonds is 4. The average Bonchev–Trinajstić information content (AvgIpc) is 2.33. The number of nitrogens with one attached hydrogen (secondary N) is 1. The van der Waals surface area contributed by atoms with Crippen LogP contribution in [0.1, 0.15) is 30.9 Å². The molecule has 0 radical (unpaired) electrons. The maximum absolute atomic E-state index is 5.49. The van der Waals surface area contributed by atoms with Gasteiger partial charge >= 0.3 is 0 Å². The summed E-state index contributed by atoms with van der Waals surface area (Å²) in [6.45, 7) is 6.26. The molecule has 2 heteroatoms. The van der Waals surface area contributed by atoms with Crippen LogP contribution in [0.2, 0.25) is 0 Å². The van der Waals surface area contributed by atoms with Gasteiger partial charge in [0.05, 0.1) is 6.61 Å². The lowest BCUT2D eigenvalue weighted by Gasteiger charge is -2.27. The molecule has 0 aliphatic carbocycles. The molecular formula is C15H23NO. The molecule has 0 bridgehead atoms. The number of hydrogen-bond donors (Lipinski definition) is 1. The molecular weight excluding hydrogens is 210 g/mol. The normalized spacial score (nSPS) is 22.4. The van der Waals surface area contributed by atoms with Crippen LogP contribution in [0.25, 0.3) is 0 Å². The van der Waals surface area contributed by atoms with E-state index in [2.05, 4.69) is 43.4 Å². The minimum Gasteiger partial charge on any atom is -0.380 e. The summed E-state index contributed by atoms with van der Waals surface area (Å²) >= 11 is 0. The summed E-state index contributed by atoms with van der Waals surface area (Å²) in [5, 5.41) is 3.67. The van der Waals surface area contributed by atoms with Gasteiger partial charge in [-0.05, 0) is 44.2 Å². The van der Waals surface area contributed by atoms with Crippen molar-refractivity contribution in [2.75, 3.05) is 13.2 Å². The van der Waals surface area contributed by atoms with Crippen LogP contribution < -0.4 is 5.32 Å². The molecule has 0 saturated carbocycles. The molecule has 2 rings (SSSR count). The summed E-state index contributed by atoms with van der Waals surface area (Å²) in [5.41, 5.74) is 2.84. The smallest absolute Gasteiger partial charge is 0.0619 e. The van der Waals surface area contributed by atoms with E-state index in [4.69, 9.17) is 4.74 Å². The molecule has 0 aromatic heterocycles. The maximum Gasteiger partial charge on any atom is 0.0619 e. The SMILES string of the molecule is Cc1ccccc1CC(C)NC1CCCOC1. The molecule has 1 saturated heterocycles. The monoisotopic (exact) mass is 233 g/mol. The Morgan fingerprint density at radius 2 is 2.24 bits per heavy atom. The van der Waals surface area contributed by atoms with Crippen LogP contribution in [0.4, 0.5) is 0 Å². The van der Waals surface area contributed by atoms with E-state index in [1.807, 2.05) is 0 Å². The van der Waals surface area contributed by atoms with Gasteiger partial charge < -0.3 is 10.1 Å². The minimum absolute atomic E-state index is 0.516. The Kier molecular flexibility index (Phi) is 4.57. The van der Waals surface area contributed by atoms with Crippen molar-refractivity contribution in [2.24, 2.45) is 0 Å². The number of benzene rings is 1. The summed E-state index contributed by atoms with van der Waals surface area (Å²) in [6.07, 6.45) is 3.54. The van der Waals surface area contributed by atoms with Gasteiger partial charge in [-0.1, -0.05) is 24.3 Å². The summed E-state index contributed by atoms with van der Waals surface area (Å²) < 4.78 is 5.49. The highest BCUT2D eigenvalue weighted by Crippen LogP contribution is 2.12. The van der Waals surface area contributed by atoms with Crippen LogP contribution in [-0.2, 0) is 11.2 Å². The first-order chi connectivity index (χ1) is 8.25. The molecule has 1 heterocycles. The zero-order valence-electron chi connectivity index (χ0n) is 10.9. The van der Waals surface area contributed by atoms with Crippen molar-refractivity contribution in [3.05, 3.63) is 35.4 Å². The van der Waals surface area contributed by atoms with Crippen LogP contribution in [0, 0.1) is 6.92 Å². The lowest BCUT2D eigenvalue weighted by molar-refractivity contribution is 0.0671. The molecule has 2 nitrogen and oxygen atoms in total. The van der Waals surface area contributed by atoms with Crippen molar-refractivity contribution in [1.82, 2.24) is 5.32 Å². The molecule has 2 atom stereocenters. The lowest BCUT2D eigenvalue weighted by atomic mass is 10.0. The highest BCUT2D eigenvalue weighted by atomic mass is 16.5. The lowest BCUT2D eigenvalue weighted by Crippen LogP contribution is -2.42. The number of hydrogen-bond acceptors (Lipinski definition) is 2. The van der Waals surface area contributed by atoms with E-state index in [0.717, 1.165) is 19.6 Å². The molecule has 1 aromatic carbocycles. The average molecular weight is 233 g/mol. The van der Waals surface area contributed by atoms with E-state index in [1.165, 1.54) is 24.0 Å². The second-order valence-corrected chi connectivity index (χ2v) is 5.11. The Balaban J connectivity index is 1.84. The molecule has 94 valence electrons. The Labute approximate surface area is 104 Å². The topological polar surface area (TPSA) is 21.3 Å². The Hall–Kier alpha value is -0.860. The van der Waals surface area contributed by atoms with E-state index in [-0.39, 0.29) is 0 Å². The first kappa shape index (κ1) is 12.6. The van der Waals surface area contributed by atoms with Crippen LogP contribution in [0.3, 0.4) is 0 Å². The summed E-state index contributed by atoms with van der Waals surface area (Å²) in [5.74, 6) is 0. The highest BCUT2D eigenvalue weighted by molar-refractivity contribution is 5.26. The molecule has 1 aromatic rings. The fourth-order valence-electron chi connectivity index (χ4n) is 2.50. The molecule has 2 unspecified atom stereocenters. The van der Waals surface area contributed by atoms with E-state index in [0.29, 0.717) is 12.1 Å². The minimum atomic E-state index is 0.516. The van der Waals surface area contributed by atoms with Crippen LogP contribution in [0.15, 0.2) is 24.3 Å². The van der Waals surface area contributed by atoms with Gasteiger partial charge in [0.15, 0.2) is 0 Å². The molecule has 17 heavy (non-hydrogen) atoms. The quantitative estimate of drug-likeness (QED) is 0.863. The van der Waals surface area contributed by atoms with Crippen LogP contribution in [-0.4, -0.2) is 25.3 Å². The largest absolute Gasteiger partial charge is 0.380 e. The second-order valence-electron chi connectivity index (χ2n) is 5.11. The molecule has 0 spiro atoms. The second kappa shape index (κ2) is 6.18. The number of ether oxygens (including phenoxy) is 1. The van der Waals surface area contributed by atoms with Crippen molar-refractivity contribution in [2.45, 2.75) is 45.2 Å². The van der Waals surface area contributed by atoms with E-state index >= 15 is 0 Å². The van der Waals surface area contributed by atoms with Gasteiger partial charge in [0.2, 0.25) is 0 Å². The zero-order valence-corrected chi connectivity index (χ0v) is 10.9. The maximum atomic E-state index is 5.49. The van der Waals surface area contributed by atoms with Crippen molar-refractivity contribution < 1.29 is 4.74 Å². The third-order valence-electron chi connectivity index (χ3n) is 3.47. The van der Waals surface area contributed by atoms with Crippen molar-refractivity contribution >= 4 is 0 Å². The summed E-state index contributed by atoms with van der Waals surface area (Å²) in [7, 11) is 0. The van der Waals surface area contributed by atoms with Crippen LogP contribution >= 0.6 is 0 Å². The first-order valence-corrected chi connectivity index (χ1v) is 6.64. The van der Waals surface area contributed by atoms with Gasteiger partial charge in [-0.2, -0.15) is 0 Å². The van der Waals surface area contributed by atoms with E-state index in [9.17, 15) is 0 Å². The Bertz CT molecular complexity index is 345. The number of aryl methyl sites for hydroxylation is 1. The highest BCUT2D eigenvalue weighted by Gasteiger charge is 2.16. The van der Waals surface area contributed by atoms with Gasteiger partial charge in [-0.3, -0.25) is 0 Å². The van der Waals surface area contributed by atoms with E-state index < -0.39 is 0 Å². The van der Waals surface area contributed by atoms with Gasteiger partial charge in [0, 0.05) is 18.7 Å². The van der Waals surface area contributed by atoms with Crippen molar-refractivity contribution in [3.63, 3.8) is 0 Å². The third kappa shape index (κ3) is 3.83. The van der Waals surface area contributed by atoms with Crippen LogP contribution in [0.5, 0.6) is 0 Å². The predicted molar refractivity (Wildman–Crippen MR) is 71.3 cm³/mol. The molecule has 1 aliphatic rings. The zero-order chi connectivity index (χ0) is 12.1. The molecule has 1 N–H and O–H groups in total.